The number of hydrogen-bond donors (Lipinski definition) is 1. The summed E-state index contributed by atoms with van der Waals surface area (Å²) < 4.78 is 6.13. The number of ether oxygens (including phenoxy) is 1. The first-order valence-electron chi connectivity index (χ1n) is 9.61. The molecule has 1 saturated heterocycles. The number of rotatable bonds is 6. The van der Waals surface area contributed by atoms with Crippen LogP contribution in [0.25, 0.3) is 10.2 Å². The summed E-state index contributed by atoms with van der Waals surface area (Å²) >= 11 is 1.38. The summed E-state index contributed by atoms with van der Waals surface area (Å²) in [6.45, 7) is 6.77. The van der Waals surface area contributed by atoms with E-state index in [0.717, 1.165) is 36.1 Å². The lowest BCUT2D eigenvalue weighted by Crippen LogP contribution is -2.33. The van der Waals surface area contributed by atoms with E-state index in [9.17, 15) is 9.59 Å². The first kappa shape index (κ1) is 19.8. The molecule has 1 aliphatic rings. The Bertz CT molecular complexity index is 795. The second-order valence-corrected chi connectivity index (χ2v) is 8.46. The fourth-order valence-corrected chi connectivity index (χ4v) is 4.01. The van der Waals surface area contributed by atoms with Crippen LogP contribution in [0.1, 0.15) is 49.9 Å². The van der Waals surface area contributed by atoms with E-state index >= 15 is 0 Å². The summed E-state index contributed by atoms with van der Waals surface area (Å²) in [6.07, 6.45) is 4.81. The number of hydrogen-bond acceptors (Lipinski definition) is 6. The van der Waals surface area contributed by atoms with E-state index in [2.05, 4.69) is 15.2 Å². The van der Waals surface area contributed by atoms with Crippen molar-refractivity contribution in [3.63, 3.8) is 0 Å². The molecule has 146 valence electrons. The minimum atomic E-state index is -0.328. The Morgan fingerprint density at radius 3 is 2.67 bits per heavy atom. The number of carbonyl (C=O) groups excluding carboxylic acids is 2. The molecule has 0 saturated carbocycles. The van der Waals surface area contributed by atoms with Gasteiger partial charge in [0.15, 0.2) is 5.13 Å². The molecule has 6 nitrogen and oxygen atoms in total. The van der Waals surface area contributed by atoms with Gasteiger partial charge >= 0.3 is 5.97 Å². The topological polar surface area (TPSA) is 71.5 Å². The highest BCUT2D eigenvalue weighted by Gasteiger charge is 2.15. The predicted molar refractivity (Wildman–Crippen MR) is 108 cm³/mol. The van der Waals surface area contributed by atoms with E-state index in [-0.39, 0.29) is 11.9 Å². The Morgan fingerprint density at radius 2 is 1.96 bits per heavy atom. The number of amides is 1. The summed E-state index contributed by atoms with van der Waals surface area (Å²) in [5.41, 5.74) is 1.28. The maximum absolute atomic E-state index is 12.3. The number of likely N-dealkylation sites (tertiary alicyclic amines) is 1. The zero-order valence-corrected chi connectivity index (χ0v) is 16.8. The van der Waals surface area contributed by atoms with Crippen molar-refractivity contribution in [1.82, 2.24) is 9.88 Å². The van der Waals surface area contributed by atoms with Crippen molar-refractivity contribution in [1.29, 1.82) is 0 Å². The first-order chi connectivity index (χ1) is 13.0. The fraction of sp³-hybridized carbons (Fsp3) is 0.550. The Morgan fingerprint density at radius 1 is 1.22 bits per heavy atom. The number of thiazole rings is 1. The lowest BCUT2D eigenvalue weighted by molar-refractivity contribution is -0.117. The minimum Gasteiger partial charge on any atom is -0.462 e. The molecule has 1 aromatic heterocycles. The molecule has 27 heavy (non-hydrogen) atoms. The number of nitrogens with one attached hydrogen (secondary N) is 1. The number of benzene rings is 1. The molecule has 2 aromatic rings. The van der Waals surface area contributed by atoms with Crippen LogP contribution in [-0.4, -0.2) is 48.0 Å². The van der Waals surface area contributed by atoms with Crippen molar-refractivity contribution in [2.75, 3.05) is 31.6 Å². The van der Waals surface area contributed by atoms with Crippen LogP contribution in [0.2, 0.25) is 0 Å². The van der Waals surface area contributed by atoms with E-state index in [1.165, 1.54) is 24.2 Å². The average molecular weight is 390 g/mol. The number of fused-ring (bicyclic) bond motifs is 1. The summed E-state index contributed by atoms with van der Waals surface area (Å²) in [6, 6.07) is 5.29. The Labute approximate surface area is 163 Å². The monoisotopic (exact) mass is 389 g/mol. The standard InChI is InChI=1S/C20H27N3O3S/c1-14(2)13-26-19(25)15-7-8-16-17(11-15)27-20(21-16)22-18(24)12-23-9-5-3-4-6-10-23/h7-8,11,14H,3-6,9-10,12-13H2,1-2H3,(H,21,22,24). The van der Waals surface area contributed by atoms with E-state index in [4.69, 9.17) is 4.74 Å². The summed E-state index contributed by atoms with van der Waals surface area (Å²) in [5.74, 6) is -0.0645. The quantitative estimate of drug-likeness (QED) is 0.758. The Kier molecular flexibility index (Phi) is 6.79. The van der Waals surface area contributed by atoms with Gasteiger partial charge in [-0.25, -0.2) is 9.78 Å². The third-order valence-electron chi connectivity index (χ3n) is 4.48. The molecule has 1 aliphatic heterocycles. The molecule has 0 radical (unpaired) electrons. The predicted octanol–water partition coefficient (Wildman–Crippen LogP) is 3.92. The largest absolute Gasteiger partial charge is 0.462 e. The van der Waals surface area contributed by atoms with Crippen molar-refractivity contribution < 1.29 is 14.3 Å². The third-order valence-corrected chi connectivity index (χ3v) is 5.42. The van der Waals surface area contributed by atoms with Crippen LogP contribution < -0.4 is 5.32 Å². The van der Waals surface area contributed by atoms with E-state index in [1.807, 2.05) is 13.8 Å². The number of carbonyl (C=O) groups is 2. The Hall–Kier alpha value is -1.99. The normalized spacial score (nSPS) is 15.7. The molecule has 0 aliphatic carbocycles. The van der Waals surface area contributed by atoms with E-state index in [1.54, 1.807) is 18.2 Å². The molecule has 0 unspecified atom stereocenters. The molecular weight excluding hydrogens is 362 g/mol. The highest BCUT2D eigenvalue weighted by atomic mass is 32.1. The molecule has 0 spiro atoms. The van der Waals surface area contributed by atoms with Gasteiger partial charge in [-0.1, -0.05) is 38.0 Å². The van der Waals surface area contributed by atoms with Gasteiger partial charge in [0, 0.05) is 0 Å². The molecule has 1 fully saturated rings. The van der Waals surface area contributed by atoms with Crippen molar-refractivity contribution in [3.8, 4) is 0 Å². The number of anilines is 1. The second kappa shape index (κ2) is 9.28. The van der Waals surface area contributed by atoms with Gasteiger partial charge in [0.05, 0.1) is 28.9 Å². The lowest BCUT2D eigenvalue weighted by atomic mass is 10.2. The van der Waals surface area contributed by atoms with E-state index < -0.39 is 0 Å². The van der Waals surface area contributed by atoms with Crippen LogP contribution in [0.3, 0.4) is 0 Å². The summed E-state index contributed by atoms with van der Waals surface area (Å²) in [5, 5.41) is 3.47. The Balaban J connectivity index is 1.62. The molecule has 7 heteroatoms. The second-order valence-electron chi connectivity index (χ2n) is 7.43. The number of nitrogens with zero attached hydrogens (tertiary/aromatic N) is 2. The molecule has 2 heterocycles. The molecule has 3 rings (SSSR count). The molecule has 0 atom stereocenters. The first-order valence-corrected chi connectivity index (χ1v) is 10.4. The number of esters is 1. The molecule has 1 amide bonds. The summed E-state index contributed by atoms with van der Waals surface area (Å²) in [4.78, 5) is 31.1. The maximum Gasteiger partial charge on any atom is 0.338 e. The lowest BCUT2D eigenvalue weighted by Gasteiger charge is -2.18. The van der Waals surface area contributed by atoms with Gasteiger partial charge in [-0.15, -0.1) is 0 Å². The third kappa shape index (κ3) is 5.74. The van der Waals surface area contributed by atoms with Gasteiger partial charge in [0.25, 0.3) is 0 Å². The van der Waals surface area contributed by atoms with E-state index in [0.29, 0.717) is 29.8 Å². The SMILES string of the molecule is CC(C)COC(=O)c1ccc2nc(NC(=O)CN3CCCCCC3)sc2c1. The van der Waals surface area contributed by atoms with Crippen molar-refractivity contribution >= 4 is 38.6 Å². The van der Waals surface area contributed by atoms with Crippen LogP contribution in [0.4, 0.5) is 5.13 Å². The van der Waals surface area contributed by atoms with Gasteiger partial charge in [-0.3, -0.25) is 9.69 Å². The van der Waals surface area contributed by atoms with Gasteiger partial charge in [0.1, 0.15) is 0 Å². The summed E-state index contributed by atoms with van der Waals surface area (Å²) in [7, 11) is 0. The zero-order valence-electron chi connectivity index (χ0n) is 16.0. The van der Waals surface area contributed by atoms with Gasteiger partial charge < -0.3 is 10.1 Å². The zero-order chi connectivity index (χ0) is 19.2. The van der Waals surface area contributed by atoms with Crippen LogP contribution in [0.15, 0.2) is 18.2 Å². The van der Waals surface area contributed by atoms with Crippen LogP contribution in [-0.2, 0) is 9.53 Å². The number of aromatic nitrogens is 1. The minimum absolute atomic E-state index is 0.0347. The van der Waals surface area contributed by atoms with Crippen LogP contribution in [0, 0.1) is 5.92 Å². The van der Waals surface area contributed by atoms with Crippen LogP contribution in [0.5, 0.6) is 0 Å². The smallest absolute Gasteiger partial charge is 0.338 e. The van der Waals surface area contributed by atoms with Gasteiger partial charge in [-0.2, -0.15) is 0 Å². The average Bonchev–Trinajstić information content (AvgIpc) is 2.84. The van der Waals surface area contributed by atoms with Crippen molar-refractivity contribution in [3.05, 3.63) is 23.8 Å². The highest BCUT2D eigenvalue weighted by Crippen LogP contribution is 2.27. The van der Waals surface area contributed by atoms with Crippen LogP contribution >= 0.6 is 11.3 Å². The maximum atomic E-state index is 12.3. The fourth-order valence-electron chi connectivity index (χ4n) is 3.09. The molecule has 0 bridgehead atoms. The molecule has 1 N–H and O–H groups in total. The molecule has 1 aromatic carbocycles. The van der Waals surface area contributed by atoms with Gasteiger partial charge in [-0.05, 0) is 50.0 Å². The van der Waals surface area contributed by atoms with Gasteiger partial charge in [0.2, 0.25) is 5.91 Å². The molecular formula is C20H27N3O3S. The van der Waals surface area contributed by atoms with Crippen molar-refractivity contribution in [2.24, 2.45) is 5.92 Å². The van der Waals surface area contributed by atoms with Crippen molar-refractivity contribution in [2.45, 2.75) is 39.5 Å². The highest BCUT2D eigenvalue weighted by molar-refractivity contribution is 7.22.